The van der Waals surface area contributed by atoms with E-state index in [-0.39, 0.29) is 0 Å². The van der Waals surface area contributed by atoms with Gasteiger partial charge in [-0.25, -0.2) is 13.7 Å². The van der Waals surface area contributed by atoms with Crippen LogP contribution in [0.25, 0.3) is 67.2 Å². The van der Waals surface area contributed by atoms with E-state index in [1.165, 1.54) is 182 Å². The van der Waals surface area contributed by atoms with Crippen LogP contribution < -0.4 is 13.7 Å². The SMILES string of the molecule is Cc1ccccc1-c1ccc(-c2ccc(C3CCC(C4CCCC4)C3)cc2)c[n+]1C.Cc1ccccc1-c1ccc(-c2ccc(C3CCC(C4CCCC4)CC3)cc2)c[n+]1C.[2H]C([2H])(CCCCCC)c1ccc(-c2ccc(-c3ccccc3C)[n+](C)c2)cc1. The normalized spacial score (nSPS) is 19.1. The first-order valence-electron chi connectivity index (χ1n) is 35.3. The van der Waals surface area contributed by atoms with Crippen LogP contribution in [0.5, 0.6) is 0 Å². The van der Waals surface area contributed by atoms with Gasteiger partial charge in [0.15, 0.2) is 18.6 Å². The molecule has 0 amide bonds. The number of aryl methyl sites for hydroxylation is 7. The van der Waals surface area contributed by atoms with Gasteiger partial charge in [0.05, 0.1) is 0 Å². The molecule has 2 unspecified atom stereocenters. The molecule has 0 saturated heterocycles. The average molecular weight is 1170 g/mol. The molecule has 0 radical (unpaired) electrons. The summed E-state index contributed by atoms with van der Waals surface area (Å²) in [5.41, 5.74) is 22.8. The Kier molecular flexibility index (Phi) is 20.6. The molecular weight excluding hydrogens is 1060 g/mol. The second-order valence-corrected chi connectivity index (χ2v) is 27.0. The number of benzene rings is 6. The molecule has 0 bridgehead atoms. The molecule has 13 rings (SSSR count). The smallest absolute Gasteiger partial charge is 0.200 e. The number of rotatable bonds is 16. The van der Waals surface area contributed by atoms with E-state index in [4.69, 9.17) is 2.74 Å². The van der Waals surface area contributed by atoms with Gasteiger partial charge in [0.2, 0.25) is 17.1 Å². The van der Waals surface area contributed by atoms with Crippen LogP contribution in [0.2, 0.25) is 0 Å². The third-order valence-corrected chi connectivity index (χ3v) is 21.1. The largest absolute Gasteiger partial charge is 0.212 e. The number of hydrogen-bond acceptors (Lipinski definition) is 0. The Labute approximate surface area is 533 Å². The summed E-state index contributed by atoms with van der Waals surface area (Å²) in [6, 6.07) is 65.9. The monoisotopic (exact) mass is 1170 g/mol. The molecule has 3 heterocycles. The fraction of sp³-hybridized carbons (Fsp3) is 0.400. The lowest BCUT2D eigenvalue weighted by molar-refractivity contribution is -0.660. The highest BCUT2D eigenvalue weighted by atomic mass is 14.9. The van der Waals surface area contributed by atoms with Crippen molar-refractivity contribution in [1.29, 1.82) is 0 Å². The fourth-order valence-corrected chi connectivity index (χ4v) is 15.7. The Morgan fingerprint density at radius 3 is 1.09 bits per heavy atom. The highest BCUT2D eigenvalue weighted by Crippen LogP contribution is 2.47. The molecule has 4 saturated carbocycles. The van der Waals surface area contributed by atoms with Crippen LogP contribution in [0.4, 0.5) is 0 Å². The second-order valence-electron chi connectivity index (χ2n) is 27.0. The van der Waals surface area contributed by atoms with E-state index in [1.807, 2.05) is 24.3 Å². The average Bonchev–Trinajstić information content (AvgIpc) is 1.57. The number of hydrogen-bond donors (Lipinski definition) is 0. The summed E-state index contributed by atoms with van der Waals surface area (Å²) in [7, 11) is 6.39. The molecule has 0 spiro atoms. The van der Waals surface area contributed by atoms with Gasteiger partial charge in [-0.3, -0.25) is 0 Å². The van der Waals surface area contributed by atoms with Crippen molar-refractivity contribution in [3.8, 4) is 67.2 Å². The van der Waals surface area contributed by atoms with E-state index in [0.717, 1.165) is 65.0 Å². The molecule has 0 N–H and O–H groups in total. The van der Waals surface area contributed by atoms with Crippen LogP contribution >= 0.6 is 0 Å². The molecule has 9 aromatic rings. The van der Waals surface area contributed by atoms with Gasteiger partial charge >= 0.3 is 0 Å². The summed E-state index contributed by atoms with van der Waals surface area (Å²) >= 11 is 0. The highest BCUT2D eigenvalue weighted by Gasteiger charge is 2.33. The van der Waals surface area contributed by atoms with Crippen molar-refractivity contribution in [2.45, 2.75) is 174 Å². The van der Waals surface area contributed by atoms with Gasteiger partial charge in [-0.15, -0.1) is 0 Å². The van der Waals surface area contributed by atoms with Crippen LogP contribution in [0.15, 0.2) is 201 Å². The Hall–Kier alpha value is -7.23. The molecule has 2 atom stereocenters. The summed E-state index contributed by atoms with van der Waals surface area (Å²) in [6.07, 6.45) is 32.3. The quantitative estimate of drug-likeness (QED) is 0.0675. The Morgan fingerprint density at radius 2 is 0.682 bits per heavy atom. The van der Waals surface area contributed by atoms with Gasteiger partial charge in [0.25, 0.3) is 0 Å². The number of aromatic nitrogens is 3. The van der Waals surface area contributed by atoms with Crippen LogP contribution in [-0.2, 0) is 27.5 Å². The lowest BCUT2D eigenvalue weighted by Crippen LogP contribution is -2.30. The van der Waals surface area contributed by atoms with Gasteiger partial charge in [0, 0.05) is 54.3 Å². The molecule has 4 aliphatic carbocycles. The van der Waals surface area contributed by atoms with Gasteiger partial charge in [-0.1, -0.05) is 211 Å². The van der Waals surface area contributed by atoms with E-state index in [2.05, 4.69) is 239 Å². The van der Waals surface area contributed by atoms with Gasteiger partial charge < -0.3 is 0 Å². The first-order chi connectivity index (χ1) is 43.8. The minimum absolute atomic E-state index is 0.590. The highest BCUT2D eigenvalue weighted by molar-refractivity contribution is 5.69. The maximum atomic E-state index is 8.42. The van der Waals surface area contributed by atoms with Crippen LogP contribution in [0.3, 0.4) is 0 Å². The lowest BCUT2D eigenvalue weighted by atomic mass is 9.73. The fourth-order valence-electron chi connectivity index (χ4n) is 15.7. The minimum atomic E-state index is -1.26. The van der Waals surface area contributed by atoms with E-state index >= 15 is 0 Å². The summed E-state index contributed by atoms with van der Waals surface area (Å²) in [6.45, 7) is 8.69. The summed E-state index contributed by atoms with van der Waals surface area (Å²) in [5.74, 6) is 5.64. The lowest BCUT2D eigenvalue weighted by Gasteiger charge is -2.32. The van der Waals surface area contributed by atoms with E-state index < -0.39 is 6.37 Å². The van der Waals surface area contributed by atoms with E-state index in [0.29, 0.717) is 6.42 Å². The van der Waals surface area contributed by atoms with Gasteiger partial charge in [-0.05, 0) is 200 Å². The van der Waals surface area contributed by atoms with Crippen molar-refractivity contribution in [2.75, 3.05) is 0 Å². The zero-order chi connectivity index (χ0) is 62.6. The second kappa shape index (κ2) is 30.3. The third kappa shape index (κ3) is 15.6. The van der Waals surface area contributed by atoms with Crippen molar-refractivity contribution in [1.82, 2.24) is 0 Å². The number of nitrogens with zero attached hydrogens (tertiary/aromatic N) is 3. The minimum Gasteiger partial charge on any atom is -0.200 e. The predicted molar refractivity (Wildman–Crippen MR) is 371 cm³/mol. The van der Waals surface area contributed by atoms with Crippen molar-refractivity contribution in [3.63, 3.8) is 0 Å². The van der Waals surface area contributed by atoms with E-state index in [1.54, 1.807) is 11.1 Å². The van der Waals surface area contributed by atoms with Crippen LogP contribution in [0.1, 0.15) is 183 Å². The third-order valence-electron chi connectivity index (χ3n) is 21.1. The summed E-state index contributed by atoms with van der Waals surface area (Å²) in [4.78, 5) is 0. The first-order valence-corrected chi connectivity index (χ1v) is 34.3. The molecule has 454 valence electrons. The molecule has 3 nitrogen and oxygen atoms in total. The molecule has 4 aliphatic rings. The molecule has 0 aliphatic heterocycles. The summed E-state index contributed by atoms with van der Waals surface area (Å²) < 4.78 is 23.5. The standard InChI is InChI=1S/C30H36N.C29H34N.C26H32N/c1-22-7-3-6-10-29(22)30-20-19-28(21-31(30)2)27-17-15-26(16-18-27)25-13-11-24(12-14-25)23-8-4-5-9-23;1-21-7-3-6-10-28(21)29-18-17-27(20-30(29)2)24-13-11-23(12-14-24)26-16-15-25(19-26)22-8-4-5-9-22;1-4-5-6-7-8-12-22-14-16-23(17-15-22)24-18-19-26(27(3)20-24)25-13-10-9-11-21(25)2/h3,6-7,10,15-21,23-25H,4-5,8-9,11-14H2,1-2H3;3,6-7,10-14,17-18,20,22,25-26H,4-5,8-9,15-16,19H2,1-2H3;9-11,13-20H,4-8,12H2,1-3H3/q3*+1/i;;12D2. The number of unbranched alkanes of at least 4 members (excludes halogenated alkanes) is 3. The Bertz CT molecular complexity index is 3770. The molecule has 3 heteroatoms. The zero-order valence-electron chi connectivity index (χ0n) is 56.5. The van der Waals surface area contributed by atoms with Crippen molar-refractivity contribution in [3.05, 3.63) is 234 Å². The Balaban J connectivity index is 0.000000139. The maximum absolute atomic E-state index is 8.42. The predicted octanol–water partition coefficient (Wildman–Crippen LogP) is 21.5. The van der Waals surface area contributed by atoms with Crippen LogP contribution in [-0.4, -0.2) is 0 Å². The van der Waals surface area contributed by atoms with Crippen LogP contribution in [0, 0.1) is 44.4 Å². The molecule has 88 heavy (non-hydrogen) atoms. The van der Waals surface area contributed by atoms with Gasteiger partial charge in [-0.2, -0.15) is 0 Å². The number of pyridine rings is 3. The Morgan fingerprint density at radius 1 is 0.341 bits per heavy atom. The maximum Gasteiger partial charge on any atom is 0.212 e. The molecule has 6 aromatic carbocycles. The molecule has 4 fully saturated rings. The summed E-state index contributed by atoms with van der Waals surface area (Å²) in [5, 5.41) is 0. The van der Waals surface area contributed by atoms with Gasteiger partial charge in [0.1, 0.15) is 21.1 Å². The van der Waals surface area contributed by atoms with Crippen molar-refractivity contribution < 1.29 is 16.4 Å². The zero-order valence-corrected chi connectivity index (χ0v) is 54.5. The topological polar surface area (TPSA) is 11.6 Å². The first kappa shape index (κ1) is 59.7. The van der Waals surface area contributed by atoms with Crippen molar-refractivity contribution >= 4 is 0 Å². The molecular formula is C85H102N3+3. The molecule has 3 aromatic heterocycles. The van der Waals surface area contributed by atoms with E-state index in [9.17, 15) is 0 Å². The van der Waals surface area contributed by atoms with Crippen molar-refractivity contribution in [2.24, 2.45) is 44.8 Å².